The van der Waals surface area contributed by atoms with Crippen molar-refractivity contribution >= 4 is 5.97 Å². The summed E-state index contributed by atoms with van der Waals surface area (Å²) in [5, 5.41) is 19.4. The molecule has 0 aromatic heterocycles. The molecule has 0 radical (unpaired) electrons. The summed E-state index contributed by atoms with van der Waals surface area (Å²) in [6.45, 7) is 1.45. The molecule has 2 N–H and O–H groups in total. The minimum Gasteiger partial charge on any atom is -0.480 e. The van der Waals surface area contributed by atoms with Crippen LogP contribution in [-0.4, -0.2) is 46.3 Å². The van der Waals surface area contributed by atoms with E-state index in [2.05, 4.69) is 0 Å². The van der Waals surface area contributed by atoms with Gasteiger partial charge in [0.2, 0.25) is 0 Å². The van der Waals surface area contributed by atoms with Crippen molar-refractivity contribution in [3.8, 4) is 0 Å². The molecule has 2 saturated carbocycles. The van der Waals surface area contributed by atoms with Gasteiger partial charge in [0.1, 0.15) is 0 Å². The fourth-order valence-electron chi connectivity index (χ4n) is 2.83. The van der Waals surface area contributed by atoms with E-state index >= 15 is 0 Å². The van der Waals surface area contributed by atoms with Gasteiger partial charge < -0.3 is 10.2 Å². The van der Waals surface area contributed by atoms with E-state index in [4.69, 9.17) is 5.11 Å². The van der Waals surface area contributed by atoms with Crippen molar-refractivity contribution in [2.24, 2.45) is 5.92 Å². The fourth-order valence-corrected chi connectivity index (χ4v) is 2.83. The van der Waals surface area contributed by atoms with E-state index in [1.54, 1.807) is 0 Å². The summed E-state index contributed by atoms with van der Waals surface area (Å²) < 4.78 is 0. The summed E-state index contributed by atoms with van der Waals surface area (Å²) >= 11 is 0. The highest BCUT2D eigenvalue weighted by Crippen LogP contribution is 2.32. The number of carboxylic acids is 1. The Hall–Kier alpha value is -0.610. The van der Waals surface area contributed by atoms with E-state index < -0.39 is 11.6 Å². The summed E-state index contributed by atoms with van der Waals surface area (Å²) in [5.74, 6) is -0.119. The molecule has 2 aliphatic carbocycles. The van der Waals surface area contributed by atoms with Gasteiger partial charge in [0, 0.05) is 13.1 Å². The van der Waals surface area contributed by atoms with Gasteiger partial charge in [0.05, 0.1) is 12.1 Å². The summed E-state index contributed by atoms with van der Waals surface area (Å²) in [6, 6.07) is 0. The predicted molar refractivity (Wildman–Crippen MR) is 64.8 cm³/mol. The van der Waals surface area contributed by atoms with E-state index in [9.17, 15) is 9.90 Å². The lowest BCUT2D eigenvalue weighted by Gasteiger charge is -2.36. The van der Waals surface area contributed by atoms with E-state index in [0.29, 0.717) is 12.5 Å². The van der Waals surface area contributed by atoms with Crippen LogP contribution < -0.4 is 0 Å². The second-order valence-electron chi connectivity index (χ2n) is 5.79. The first-order valence-electron chi connectivity index (χ1n) is 6.74. The molecule has 0 spiro atoms. The molecule has 2 aliphatic rings. The van der Waals surface area contributed by atoms with Gasteiger partial charge >= 0.3 is 5.97 Å². The maximum atomic E-state index is 10.8. The number of carboxylic acid groups (broad SMARTS) is 1. The standard InChI is InChI=1S/C13H23NO3/c15-12(16)9-14(8-11-4-5-11)10-13(17)6-2-1-3-7-13/h11,17H,1-10H2,(H,15,16). The number of rotatable bonds is 6. The predicted octanol–water partition coefficient (Wildman–Crippen LogP) is 1.48. The van der Waals surface area contributed by atoms with Crippen molar-refractivity contribution in [1.29, 1.82) is 0 Å². The van der Waals surface area contributed by atoms with Crippen LogP contribution in [0.15, 0.2) is 0 Å². The first-order chi connectivity index (χ1) is 8.07. The molecule has 0 aliphatic heterocycles. The molecule has 0 unspecified atom stereocenters. The summed E-state index contributed by atoms with van der Waals surface area (Å²) in [6.07, 6.45) is 7.43. The molecule has 0 aromatic rings. The van der Waals surface area contributed by atoms with Crippen molar-refractivity contribution in [3.05, 3.63) is 0 Å². The van der Waals surface area contributed by atoms with Crippen molar-refractivity contribution in [1.82, 2.24) is 4.90 Å². The molecule has 2 rings (SSSR count). The van der Waals surface area contributed by atoms with Gasteiger partial charge in [-0.3, -0.25) is 9.69 Å². The SMILES string of the molecule is O=C(O)CN(CC1CC1)CC1(O)CCCCC1. The van der Waals surface area contributed by atoms with E-state index in [1.807, 2.05) is 4.90 Å². The minimum absolute atomic E-state index is 0.0683. The fraction of sp³-hybridized carbons (Fsp3) is 0.923. The number of nitrogens with zero attached hydrogens (tertiary/aromatic N) is 1. The first-order valence-corrected chi connectivity index (χ1v) is 6.74. The van der Waals surface area contributed by atoms with Crippen molar-refractivity contribution in [2.45, 2.75) is 50.5 Å². The highest BCUT2D eigenvalue weighted by molar-refractivity contribution is 5.69. The van der Waals surface area contributed by atoms with Crippen LogP contribution in [0.5, 0.6) is 0 Å². The average Bonchev–Trinajstić information content (AvgIpc) is 3.00. The highest BCUT2D eigenvalue weighted by Gasteiger charge is 2.34. The zero-order valence-electron chi connectivity index (χ0n) is 10.4. The van der Waals surface area contributed by atoms with Gasteiger partial charge in [-0.15, -0.1) is 0 Å². The third kappa shape index (κ3) is 4.28. The van der Waals surface area contributed by atoms with Gasteiger partial charge in [-0.25, -0.2) is 0 Å². The Morgan fingerprint density at radius 2 is 1.88 bits per heavy atom. The van der Waals surface area contributed by atoms with Crippen LogP contribution in [0.3, 0.4) is 0 Å². The first kappa shape index (κ1) is 12.8. The van der Waals surface area contributed by atoms with E-state index in [0.717, 1.165) is 32.2 Å². The second kappa shape index (κ2) is 5.36. The molecule has 0 aromatic carbocycles. The number of hydrogen-bond acceptors (Lipinski definition) is 3. The molecule has 98 valence electrons. The summed E-state index contributed by atoms with van der Waals surface area (Å²) in [5.41, 5.74) is -0.636. The quantitative estimate of drug-likeness (QED) is 0.739. The lowest BCUT2D eigenvalue weighted by molar-refractivity contribution is -0.139. The highest BCUT2D eigenvalue weighted by atomic mass is 16.4. The van der Waals surface area contributed by atoms with Gasteiger partial charge in [-0.2, -0.15) is 0 Å². The van der Waals surface area contributed by atoms with Crippen LogP contribution >= 0.6 is 0 Å². The Morgan fingerprint density at radius 1 is 1.24 bits per heavy atom. The van der Waals surface area contributed by atoms with Crippen LogP contribution in [0.2, 0.25) is 0 Å². The van der Waals surface area contributed by atoms with E-state index in [1.165, 1.54) is 19.3 Å². The molecule has 0 heterocycles. The monoisotopic (exact) mass is 241 g/mol. The van der Waals surface area contributed by atoms with Gasteiger partial charge in [0.25, 0.3) is 0 Å². The molecule has 4 heteroatoms. The van der Waals surface area contributed by atoms with E-state index in [-0.39, 0.29) is 6.54 Å². The van der Waals surface area contributed by atoms with Crippen LogP contribution in [0, 0.1) is 5.92 Å². The topological polar surface area (TPSA) is 60.8 Å². The maximum Gasteiger partial charge on any atom is 0.317 e. The third-order valence-corrected chi connectivity index (χ3v) is 3.87. The van der Waals surface area contributed by atoms with Crippen molar-refractivity contribution < 1.29 is 15.0 Å². The van der Waals surface area contributed by atoms with Gasteiger partial charge in [-0.1, -0.05) is 19.3 Å². The molecule has 17 heavy (non-hydrogen) atoms. The van der Waals surface area contributed by atoms with Crippen molar-refractivity contribution in [2.75, 3.05) is 19.6 Å². The Kier molecular flexibility index (Phi) is 4.05. The summed E-state index contributed by atoms with van der Waals surface area (Å²) in [4.78, 5) is 12.8. The maximum absolute atomic E-state index is 10.8. The zero-order chi connectivity index (χ0) is 12.3. The lowest BCUT2D eigenvalue weighted by atomic mass is 9.84. The van der Waals surface area contributed by atoms with Crippen LogP contribution in [0.25, 0.3) is 0 Å². The minimum atomic E-state index is -0.787. The summed E-state index contributed by atoms with van der Waals surface area (Å²) in [7, 11) is 0. The average molecular weight is 241 g/mol. The van der Waals surface area contributed by atoms with Crippen LogP contribution in [0.4, 0.5) is 0 Å². The normalized spacial score (nSPS) is 23.9. The molecular weight excluding hydrogens is 218 g/mol. The van der Waals surface area contributed by atoms with Gasteiger partial charge in [0.15, 0.2) is 0 Å². The van der Waals surface area contributed by atoms with Gasteiger partial charge in [-0.05, 0) is 31.6 Å². The Morgan fingerprint density at radius 3 is 2.41 bits per heavy atom. The molecule has 4 nitrogen and oxygen atoms in total. The molecule has 0 bridgehead atoms. The third-order valence-electron chi connectivity index (χ3n) is 3.87. The largest absolute Gasteiger partial charge is 0.480 e. The molecule has 0 atom stereocenters. The number of carbonyl (C=O) groups is 1. The zero-order valence-corrected chi connectivity index (χ0v) is 10.4. The Bertz CT molecular complexity index is 270. The Labute approximate surface area is 103 Å². The molecule has 2 fully saturated rings. The number of aliphatic hydroxyl groups is 1. The number of aliphatic carboxylic acids is 1. The van der Waals surface area contributed by atoms with Crippen LogP contribution in [0.1, 0.15) is 44.9 Å². The lowest BCUT2D eigenvalue weighted by Crippen LogP contribution is -2.46. The smallest absolute Gasteiger partial charge is 0.317 e. The molecule has 0 amide bonds. The Balaban J connectivity index is 1.87. The van der Waals surface area contributed by atoms with Crippen LogP contribution in [-0.2, 0) is 4.79 Å². The second-order valence-corrected chi connectivity index (χ2v) is 5.79. The molecular formula is C13H23NO3. The molecule has 0 saturated heterocycles. The van der Waals surface area contributed by atoms with Crippen molar-refractivity contribution in [3.63, 3.8) is 0 Å². The number of hydrogen-bond donors (Lipinski definition) is 2.